The molecule has 0 aliphatic carbocycles. The predicted octanol–water partition coefficient (Wildman–Crippen LogP) is 3.44. The van der Waals surface area contributed by atoms with Gasteiger partial charge in [0, 0.05) is 26.7 Å². The summed E-state index contributed by atoms with van der Waals surface area (Å²) in [5.74, 6) is 1.46. The standard InChI is InChI=1S/C13H19Cl2N3O/c1-3-16-12-10(14)7-11(15)13(17-12)18-6-4-5-9(8-18)19-2/h7,9H,3-6,8H2,1-2H3,(H,16,17). The van der Waals surface area contributed by atoms with Gasteiger partial charge in [-0.05, 0) is 25.8 Å². The van der Waals surface area contributed by atoms with Gasteiger partial charge in [0.25, 0.3) is 0 Å². The van der Waals surface area contributed by atoms with Crippen LogP contribution in [0.5, 0.6) is 0 Å². The summed E-state index contributed by atoms with van der Waals surface area (Å²) in [6.45, 7) is 4.54. The molecule has 1 saturated heterocycles. The number of methoxy groups -OCH3 is 1. The van der Waals surface area contributed by atoms with Crippen LogP contribution in [0.1, 0.15) is 19.8 Å². The second-order valence-corrected chi connectivity index (χ2v) is 5.41. The van der Waals surface area contributed by atoms with Crippen LogP contribution in [0.3, 0.4) is 0 Å². The van der Waals surface area contributed by atoms with Crippen LogP contribution in [0, 0.1) is 0 Å². The van der Waals surface area contributed by atoms with E-state index in [-0.39, 0.29) is 6.10 Å². The maximum absolute atomic E-state index is 6.27. The molecule has 1 aliphatic heterocycles. The Labute approximate surface area is 124 Å². The molecule has 0 amide bonds. The largest absolute Gasteiger partial charge is 0.380 e. The monoisotopic (exact) mass is 303 g/mol. The molecule has 1 N–H and O–H groups in total. The number of ether oxygens (including phenoxy) is 1. The van der Waals surface area contributed by atoms with Crippen molar-refractivity contribution in [3.05, 3.63) is 16.1 Å². The summed E-state index contributed by atoms with van der Waals surface area (Å²) in [5, 5.41) is 4.29. The summed E-state index contributed by atoms with van der Waals surface area (Å²) in [6.07, 6.45) is 2.40. The van der Waals surface area contributed by atoms with Crippen LogP contribution in [-0.4, -0.2) is 37.8 Å². The third-order valence-corrected chi connectivity index (χ3v) is 3.83. The Balaban J connectivity index is 2.25. The fourth-order valence-corrected chi connectivity index (χ4v) is 2.84. The topological polar surface area (TPSA) is 37.4 Å². The molecule has 1 fully saturated rings. The Bertz CT molecular complexity index is 442. The second kappa shape index (κ2) is 6.64. The molecular weight excluding hydrogens is 285 g/mol. The summed E-state index contributed by atoms with van der Waals surface area (Å²) in [6, 6.07) is 1.75. The first-order valence-corrected chi connectivity index (χ1v) is 7.29. The van der Waals surface area contributed by atoms with Gasteiger partial charge in [-0.2, -0.15) is 0 Å². The van der Waals surface area contributed by atoms with Gasteiger partial charge in [0.15, 0.2) is 0 Å². The van der Waals surface area contributed by atoms with Crippen molar-refractivity contribution in [3.63, 3.8) is 0 Å². The van der Waals surface area contributed by atoms with E-state index in [2.05, 4.69) is 15.2 Å². The average molecular weight is 304 g/mol. The number of hydrogen-bond acceptors (Lipinski definition) is 4. The van der Waals surface area contributed by atoms with Crippen molar-refractivity contribution in [2.24, 2.45) is 0 Å². The summed E-state index contributed by atoms with van der Waals surface area (Å²) in [4.78, 5) is 6.71. The average Bonchev–Trinajstić information content (AvgIpc) is 2.42. The lowest BCUT2D eigenvalue weighted by Crippen LogP contribution is -2.39. The zero-order chi connectivity index (χ0) is 13.8. The summed E-state index contributed by atoms with van der Waals surface area (Å²) in [5.41, 5.74) is 0. The van der Waals surface area contributed by atoms with Crippen LogP contribution >= 0.6 is 23.2 Å². The van der Waals surface area contributed by atoms with E-state index in [1.807, 2.05) is 6.92 Å². The fraction of sp³-hybridized carbons (Fsp3) is 0.615. The van der Waals surface area contributed by atoms with Crippen LogP contribution in [0.15, 0.2) is 6.07 Å². The maximum atomic E-state index is 6.27. The van der Waals surface area contributed by atoms with Gasteiger partial charge in [-0.25, -0.2) is 4.98 Å². The third kappa shape index (κ3) is 3.44. The van der Waals surface area contributed by atoms with E-state index >= 15 is 0 Å². The molecule has 1 aliphatic rings. The lowest BCUT2D eigenvalue weighted by Gasteiger charge is -2.33. The van der Waals surface area contributed by atoms with Crippen molar-refractivity contribution in [1.29, 1.82) is 0 Å². The molecule has 1 aromatic rings. The first-order valence-electron chi connectivity index (χ1n) is 6.53. The first-order chi connectivity index (χ1) is 9.15. The van der Waals surface area contributed by atoms with Gasteiger partial charge < -0.3 is 15.0 Å². The Morgan fingerprint density at radius 3 is 2.95 bits per heavy atom. The van der Waals surface area contributed by atoms with Gasteiger partial charge in [-0.3, -0.25) is 0 Å². The Morgan fingerprint density at radius 2 is 2.26 bits per heavy atom. The van der Waals surface area contributed by atoms with E-state index in [0.717, 1.165) is 38.3 Å². The molecule has 1 aromatic heterocycles. The van der Waals surface area contributed by atoms with E-state index in [9.17, 15) is 0 Å². The highest BCUT2D eigenvalue weighted by molar-refractivity contribution is 6.37. The Morgan fingerprint density at radius 1 is 1.47 bits per heavy atom. The lowest BCUT2D eigenvalue weighted by atomic mass is 10.1. The van der Waals surface area contributed by atoms with Gasteiger partial charge in [-0.15, -0.1) is 0 Å². The molecule has 0 spiro atoms. The third-order valence-electron chi connectivity index (χ3n) is 3.27. The zero-order valence-electron chi connectivity index (χ0n) is 11.2. The van der Waals surface area contributed by atoms with Crippen LogP contribution in [0.25, 0.3) is 0 Å². The molecule has 1 unspecified atom stereocenters. The molecule has 6 heteroatoms. The molecule has 0 aromatic carbocycles. The van der Waals surface area contributed by atoms with Crippen LogP contribution < -0.4 is 10.2 Å². The molecular formula is C13H19Cl2N3O. The van der Waals surface area contributed by atoms with Crippen molar-refractivity contribution in [3.8, 4) is 0 Å². The number of piperidine rings is 1. The predicted molar refractivity (Wildman–Crippen MR) is 80.7 cm³/mol. The summed E-state index contributed by atoms with van der Waals surface area (Å²) < 4.78 is 5.43. The number of halogens is 2. The van der Waals surface area contributed by atoms with E-state index in [1.165, 1.54) is 0 Å². The summed E-state index contributed by atoms with van der Waals surface area (Å²) >= 11 is 12.4. The number of pyridine rings is 1. The van der Waals surface area contributed by atoms with Gasteiger partial charge in [0.2, 0.25) is 0 Å². The highest BCUT2D eigenvalue weighted by Crippen LogP contribution is 2.33. The van der Waals surface area contributed by atoms with Gasteiger partial charge in [-0.1, -0.05) is 23.2 Å². The lowest BCUT2D eigenvalue weighted by molar-refractivity contribution is 0.0891. The number of aromatic nitrogens is 1. The minimum Gasteiger partial charge on any atom is -0.380 e. The highest BCUT2D eigenvalue weighted by atomic mass is 35.5. The van der Waals surface area contributed by atoms with Gasteiger partial charge >= 0.3 is 0 Å². The van der Waals surface area contributed by atoms with Crippen molar-refractivity contribution in [1.82, 2.24) is 4.98 Å². The SMILES string of the molecule is CCNc1nc(N2CCCC(OC)C2)c(Cl)cc1Cl. The summed E-state index contributed by atoms with van der Waals surface area (Å²) in [7, 11) is 1.75. The van der Waals surface area contributed by atoms with E-state index in [4.69, 9.17) is 27.9 Å². The number of nitrogens with one attached hydrogen (secondary N) is 1. The van der Waals surface area contributed by atoms with Gasteiger partial charge in [0.1, 0.15) is 11.6 Å². The quantitative estimate of drug-likeness (QED) is 0.924. The smallest absolute Gasteiger partial charge is 0.150 e. The minimum absolute atomic E-state index is 0.241. The molecule has 4 nitrogen and oxygen atoms in total. The molecule has 106 valence electrons. The van der Waals surface area contributed by atoms with Crippen molar-refractivity contribution in [2.45, 2.75) is 25.9 Å². The van der Waals surface area contributed by atoms with Crippen LogP contribution in [-0.2, 0) is 4.74 Å². The van der Waals surface area contributed by atoms with E-state index in [0.29, 0.717) is 15.9 Å². The molecule has 2 heterocycles. The normalized spacial score (nSPS) is 19.6. The molecule has 1 atom stereocenters. The van der Waals surface area contributed by atoms with Crippen molar-refractivity contribution >= 4 is 34.8 Å². The fourth-order valence-electron chi connectivity index (χ4n) is 2.29. The second-order valence-electron chi connectivity index (χ2n) is 4.60. The van der Waals surface area contributed by atoms with E-state index < -0.39 is 0 Å². The molecule has 0 bridgehead atoms. The van der Waals surface area contributed by atoms with Crippen LogP contribution in [0.4, 0.5) is 11.6 Å². The zero-order valence-corrected chi connectivity index (χ0v) is 12.8. The molecule has 2 rings (SSSR count). The number of anilines is 2. The number of hydrogen-bond donors (Lipinski definition) is 1. The maximum Gasteiger partial charge on any atom is 0.150 e. The molecule has 0 radical (unpaired) electrons. The Hall–Kier alpha value is -0.710. The first kappa shape index (κ1) is 14.7. The molecule has 19 heavy (non-hydrogen) atoms. The number of rotatable bonds is 4. The van der Waals surface area contributed by atoms with Gasteiger partial charge in [0.05, 0.1) is 16.1 Å². The van der Waals surface area contributed by atoms with Crippen LogP contribution in [0.2, 0.25) is 10.0 Å². The molecule has 0 saturated carbocycles. The van der Waals surface area contributed by atoms with Crippen molar-refractivity contribution in [2.75, 3.05) is 37.0 Å². The minimum atomic E-state index is 0.241. The van der Waals surface area contributed by atoms with Crippen molar-refractivity contribution < 1.29 is 4.74 Å². The van der Waals surface area contributed by atoms with E-state index in [1.54, 1.807) is 13.2 Å². The highest BCUT2D eigenvalue weighted by Gasteiger charge is 2.23. The number of nitrogens with zero attached hydrogens (tertiary/aromatic N) is 2. The Kier molecular flexibility index (Phi) is 5.13.